The van der Waals surface area contributed by atoms with Gasteiger partial charge in [-0.3, -0.25) is 0 Å². The predicted octanol–water partition coefficient (Wildman–Crippen LogP) is 5.51. The quantitative estimate of drug-likeness (QED) is 0.579. The van der Waals surface area contributed by atoms with Gasteiger partial charge in [0.15, 0.2) is 5.16 Å². The Bertz CT molecular complexity index is 872. The number of carboxylic acids is 1. The summed E-state index contributed by atoms with van der Waals surface area (Å²) in [7, 11) is 0. The van der Waals surface area contributed by atoms with Gasteiger partial charge in [-0.25, -0.2) is 9.78 Å². The van der Waals surface area contributed by atoms with Gasteiger partial charge in [0.05, 0.1) is 26.6 Å². The summed E-state index contributed by atoms with van der Waals surface area (Å²) >= 11 is 19.2. The van der Waals surface area contributed by atoms with Gasteiger partial charge in [-0.2, -0.15) is 0 Å². The third-order valence-electron chi connectivity index (χ3n) is 3.17. The van der Waals surface area contributed by atoms with Crippen LogP contribution in [0.1, 0.15) is 15.9 Å². The molecule has 2 N–H and O–H groups in total. The van der Waals surface area contributed by atoms with Crippen LogP contribution in [0.4, 0.5) is 0 Å². The molecule has 0 aliphatic rings. The second-order valence-electron chi connectivity index (χ2n) is 4.72. The Labute approximate surface area is 150 Å². The summed E-state index contributed by atoms with van der Waals surface area (Å²) in [5.41, 5.74) is 2.34. The third-order valence-corrected chi connectivity index (χ3v) is 5.05. The minimum absolute atomic E-state index is 0.187. The van der Waals surface area contributed by atoms with Crippen molar-refractivity contribution in [2.45, 2.75) is 10.9 Å². The molecule has 0 unspecified atom stereocenters. The number of thioether (sulfide) groups is 1. The largest absolute Gasteiger partial charge is 0.478 e. The van der Waals surface area contributed by atoms with Gasteiger partial charge >= 0.3 is 5.97 Å². The molecular weight excluding hydrogens is 379 g/mol. The standard InChI is InChI=1S/C15H9Cl3N2O2S/c16-8-2-1-7(9(3-8)14(21)22)6-23-15-19-12-4-10(17)11(18)5-13(12)20-15/h1-5H,6H2,(H,19,20)(H,21,22). The van der Waals surface area contributed by atoms with Crippen molar-refractivity contribution < 1.29 is 9.90 Å². The molecule has 0 fully saturated rings. The fourth-order valence-electron chi connectivity index (χ4n) is 2.07. The van der Waals surface area contributed by atoms with Crippen molar-refractivity contribution in [1.82, 2.24) is 9.97 Å². The fourth-order valence-corrected chi connectivity index (χ4v) is 3.45. The number of carboxylic acid groups (broad SMARTS) is 1. The van der Waals surface area contributed by atoms with Gasteiger partial charge in [0.1, 0.15) is 0 Å². The molecule has 3 rings (SSSR count). The summed E-state index contributed by atoms with van der Waals surface area (Å²) < 4.78 is 0. The molecule has 0 amide bonds. The van der Waals surface area contributed by atoms with E-state index in [4.69, 9.17) is 34.8 Å². The summed E-state index contributed by atoms with van der Waals surface area (Å²) in [5, 5.41) is 11.2. The molecule has 2 aromatic carbocycles. The molecule has 0 spiro atoms. The molecule has 23 heavy (non-hydrogen) atoms. The lowest BCUT2D eigenvalue weighted by molar-refractivity contribution is 0.0696. The summed E-state index contributed by atoms with van der Waals surface area (Å²) in [6.07, 6.45) is 0. The topological polar surface area (TPSA) is 66.0 Å². The number of aromatic amines is 1. The number of rotatable bonds is 4. The molecule has 0 aliphatic heterocycles. The number of nitrogens with one attached hydrogen (secondary N) is 1. The van der Waals surface area contributed by atoms with Crippen LogP contribution in [0.5, 0.6) is 0 Å². The van der Waals surface area contributed by atoms with Crippen LogP contribution in [0.25, 0.3) is 11.0 Å². The van der Waals surface area contributed by atoms with Crippen molar-refractivity contribution in [3.8, 4) is 0 Å². The van der Waals surface area contributed by atoms with E-state index < -0.39 is 5.97 Å². The SMILES string of the molecule is O=C(O)c1cc(Cl)ccc1CSc1nc2cc(Cl)c(Cl)cc2[nH]1. The first kappa shape index (κ1) is 16.5. The van der Waals surface area contributed by atoms with Gasteiger partial charge in [-0.15, -0.1) is 0 Å². The maximum atomic E-state index is 11.3. The second-order valence-corrected chi connectivity index (χ2v) is 6.94. The predicted molar refractivity (Wildman–Crippen MR) is 94.1 cm³/mol. The summed E-state index contributed by atoms with van der Waals surface area (Å²) in [4.78, 5) is 18.8. The maximum Gasteiger partial charge on any atom is 0.336 e. The Morgan fingerprint density at radius 3 is 2.65 bits per heavy atom. The number of carbonyl (C=O) groups is 1. The van der Waals surface area contributed by atoms with Crippen molar-refractivity contribution in [1.29, 1.82) is 0 Å². The summed E-state index contributed by atoms with van der Waals surface area (Å²) in [5.74, 6) is -0.564. The highest BCUT2D eigenvalue weighted by molar-refractivity contribution is 7.98. The molecule has 3 aromatic rings. The van der Waals surface area contributed by atoms with Crippen LogP contribution in [0.2, 0.25) is 15.1 Å². The number of hydrogen-bond acceptors (Lipinski definition) is 3. The first-order chi connectivity index (χ1) is 10.9. The van der Waals surface area contributed by atoms with Crippen molar-refractivity contribution in [3.05, 3.63) is 56.5 Å². The molecule has 0 saturated carbocycles. The maximum absolute atomic E-state index is 11.3. The number of aromatic nitrogens is 2. The minimum atomic E-state index is -1.01. The van der Waals surface area contributed by atoms with Crippen LogP contribution in [-0.4, -0.2) is 21.0 Å². The fraction of sp³-hybridized carbons (Fsp3) is 0.0667. The highest BCUT2D eigenvalue weighted by Gasteiger charge is 2.13. The number of aromatic carboxylic acids is 1. The molecule has 1 heterocycles. The lowest BCUT2D eigenvalue weighted by Gasteiger charge is -2.05. The lowest BCUT2D eigenvalue weighted by atomic mass is 10.1. The van der Waals surface area contributed by atoms with Crippen molar-refractivity contribution in [2.24, 2.45) is 0 Å². The Kier molecular flexibility index (Phi) is 4.73. The van der Waals surface area contributed by atoms with Crippen molar-refractivity contribution in [2.75, 3.05) is 0 Å². The van der Waals surface area contributed by atoms with E-state index in [0.29, 0.717) is 37.1 Å². The molecule has 0 bridgehead atoms. The Morgan fingerprint density at radius 1 is 1.17 bits per heavy atom. The highest BCUT2D eigenvalue weighted by Crippen LogP contribution is 2.30. The van der Waals surface area contributed by atoms with Gasteiger partial charge in [-0.1, -0.05) is 52.6 Å². The van der Waals surface area contributed by atoms with Crippen LogP contribution in [0, 0.1) is 0 Å². The Balaban J connectivity index is 1.85. The van der Waals surface area contributed by atoms with E-state index in [1.165, 1.54) is 17.8 Å². The van der Waals surface area contributed by atoms with E-state index in [1.807, 2.05) is 0 Å². The van der Waals surface area contributed by atoms with Crippen LogP contribution in [-0.2, 0) is 5.75 Å². The van der Waals surface area contributed by atoms with Gasteiger partial charge in [0.2, 0.25) is 0 Å². The Morgan fingerprint density at radius 2 is 1.91 bits per heavy atom. The number of imidazole rings is 1. The van der Waals surface area contributed by atoms with E-state index >= 15 is 0 Å². The van der Waals surface area contributed by atoms with E-state index in [0.717, 1.165) is 5.52 Å². The van der Waals surface area contributed by atoms with Crippen molar-refractivity contribution in [3.63, 3.8) is 0 Å². The van der Waals surface area contributed by atoms with E-state index in [2.05, 4.69) is 9.97 Å². The van der Waals surface area contributed by atoms with Gasteiger partial charge < -0.3 is 10.1 Å². The number of benzene rings is 2. The highest BCUT2D eigenvalue weighted by atomic mass is 35.5. The second kappa shape index (κ2) is 6.61. The zero-order valence-electron chi connectivity index (χ0n) is 11.4. The van der Waals surface area contributed by atoms with Gasteiger partial charge in [-0.05, 0) is 29.8 Å². The average Bonchev–Trinajstić information content (AvgIpc) is 2.88. The van der Waals surface area contributed by atoms with Crippen LogP contribution in [0.15, 0.2) is 35.5 Å². The van der Waals surface area contributed by atoms with E-state index in [9.17, 15) is 9.90 Å². The first-order valence-electron chi connectivity index (χ1n) is 6.43. The number of nitrogens with zero attached hydrogens (tertiary/aromatic N) is 1. The van der Waals surface area contributed by atoms with E-state index in [1.54, 1.807) is 24.3 Å². The molecular formula is C15H9Cl3N2O2S. The van der Waals surface area contributed by atoms with Crippen LogP contribution >= 0.6 is 46.6 Å². The molecule has 0 atom stereocenters. The number of halogens is 3. The number of hydrogen-bond donors (Lipinski definition) is 2. The Hall–Kier alpha value is -1.40. The summed E-state index contributed by atoms with van der Waals surface area (Å²) in [6.45, 7) is 0. The minimum Gasteiger partial charge on any atom is -0.478 e. The monoisotopic (exact) mass is 386 g/mol. The third kappa shape index (κ3) is 3.58. The van der Waals surface area contributed by atoms with Crippen molar-refractivity contribution >= 4 is 63.6 Å². The molecule has 0 saturated heterocycles. The van der Waals surface area contributed by atoms with Gasteiger partial charge in [0.25, 0.3) is 0 Å². The lowest BCUT2D eigenvalue weighted by Crippen LogP contribution is -2.01. The number of H-pyrrole nitrogens is 1. The molecule has 118 valence electrons. The van der Waals surface area contributed by atoms with Crippen LogP contribution < -0.4 is 0 Å². The number of fused-ring (bicyclic) bond motifs is 1. The zero-order valence-corrected chi connectivity index (χ0v) is 14.5. The molecule has 4 nitrogen and oxygen atoms in total. The molecule has 0 radical (unpaired) electrons. The van der Waals surface area contributed by atoms with Crippen LogP contribution in [0.3, 0.4) is 0 Å². The molecule has 8 heteroatoms. The first-order valence-corrected chi connectivity index (χ1v) is 8.55. The summed E-state index contributed by atoms with van der Waals surface area (Å²) in [6, 6.07) is 8.21. The van der Waals surface area contributed by atoms with Gasteiger partial charge in [0, 0.05) is 10.8 Å². The average molecular weight is 388 g/mol. The normalized spacial score (nSPS) is 11.1. The molecule has 0 aliphatic carbocycles. The smallest absolute Gasteiger partial charge is 0.336 e. The van der Waals surface area contributed by atoms with E-state index in [-0.39, 0.29) is 5.56 Å². The zero-order chi connectivity index (χ0) is 16.6. The molecule has 1 aromatic heterocycles.